The van der Waals surface area contributed by atoms with Crippen LogP contribution in [0.15, 0.2) is 18.3 Å². The van der Waals surface area contributed by atoms with Crippen molar-refractivity contribution in [3.05, 3.63) is 23.9 Å². The van der Waals surface area contributed by atoms with Gasteiger partial charge in [-0.15, -0.1) is 0 Å². The Morgan fingerprint density at radius 1 is 1.18 bits per heavy atom. The Hall–Kier alpha value is -2.11. The summed E-state index contributed by atoms with van der Waals surface area (Å²) in [6.07, 6.45) is 3.05. The van der Waals surface area contributed by atoms with Crippen molar-refractivity contribution in [2.45, 2.75) is 26.7 Å². The molecule has 1 aromatic rings. The van der Waals surface area contributed by atoms with E-state index in [1.54, 1.807) is 19.2 Å². The van der Waals surface area contributed by atoms with Crippen LogP contribution < -0.4 is 4.90 Å². The lowest BCUT2D eigenvalue weighted by molar-refractivity contribution is -0.131. The predicted octanol–water partition coefficient (Wildman–Crippen LogP) is 1.71. The van der Waals surface area contributed by atoms with Crippen molar-refractivity contribution in [1.29, 1.82) is 0 Å². The van der Waals surface area contributed by atoms with Gasteiger partial charge in [0.05, 0.1) is 12.2 Å². The molecule has 1 amide bonds. The summed E-state index contributed by atoms with van der Waals surface area (Å²) >= 11 is 0. The van der Waals surface area contributed by atoms with Crippen LogP contribution in [0, 0.1) is 0 Å². The number of ether oxygens (including phenoxy) is 1. The summed E-state index contributed by atoms with van der Waals surface area (Å²) in [6.45, 7) is 7.12. The number of carbonyl (C=O) groups is 2. The molecule has 6 nitrogen and oxygen atoms in total. The van der Waals surface area contributed by atoms with Gasteiger partial charge in [-0.2, -0.15) is 0 Å². The van der Waals surface area contributed by atoms with Crippen LogP contribution in [-0.4, -0.2) is 54.5 Å². The SMILES string of the molecule is CCCC(=O)N1CCN(c2ccc(C(=O)OCC)cn2)CC1. The van der Waals surface area contributed by atoms with Gasteiger partial charge in [-0.3, -0.25) is 4.79 Å². The maximum absolute atomic E-state index is 11.9. The summed E-state index contributed by atoms with van der Waals surface area (Å²) in [5.74, 6) is 0.708. The van der Waals surface area contributed by atoms with Crippen molar-refractivity contribution in [2.24, 2.45) is 0 Å². The molecule has 0 aliphatic carbocycles. The van der Waals surface area contributed by atoms with Gasteiger partial charge in [-0.05, 0) is 25.5 Å². The van der Waals surface area contributed by atoms with E-state index in [2.05, 4.69) is 9.88 Å². The fourth-order valence-electron chi connectivity index (χ4n) is 2.47. The highest BCUT2D eigenvalue weighted by molar-refractivity contribution is 5.89. The number of esters is 1. The zero-order valence-electron chi connectivity index (χ0n) is 13.2. The maximum Gasteiger partial charge on any atom is 0.339 e. The lowest BCUT2D eigenvalue weighted by atomic mass is 10.2. The van der Waals surface area contributed by atoms with Gasteiger partial charge in [0.25, 0.3) is 0 Å². The van der Waals surface area contributed by atoms with E-state index in [9.17, 15) is 9.59 Å². The second kappa shape index (κ2) is 7.77. The van der Waals surface area contributed by atoms with E-state index in [-0.39, 0.29) is 11.9 Å². The number of hydrogen-bond acceptors (Lipinski definition) is 5. The smallest absolute Gasteiger partial charge is 0.339 e. The van der Waals surface area contributed by atoms with Crippen molar-refractivity contribution in [3.63, 3.8) is 0 Å². The highest BCUT2D eigenvalue weighted by Crippen LogP contribution is 2.15. The van der Waals surface area contributed by atoms with Crippen LogP contribution in [0.5, 0.6) is 0 Å². The van der Waals surface area contributed by atoms with Gasteiger partial charge in [-0.25, -0.2) is 9.78 Å². The number of nitrogens with zero attached hydrogens (tertiary/aromatic N) is 3. The highest BCUT2D eigenvalue weighted by atomic mass is 16.5. The Balaban J connectivity index is 1.91. The van der Waals surface area contributed by atoms with Crippen LogP contribution in [0.1, 0.15) is 37.0 Å². The minimum Gasteiger partial charge on any atom is -0.462 e. The molecule has 22 heavy (non-hydrogen) atoms. The Kier molecular flexibility index (Phi) is 5.75. The van der Waals surface area contributed by atoms with E-state index in [0.717, 1.165) is 38.4 Å². The third kappa shape index (κ3) is 3.96. The molecule has 0 bridgehead atoms. The van der Waals surface area contributed by atoms with Gasteiger partial charge >= 0.3 is 5.97 Å². The largest absolute Gasteiger partial charge is 0.462 e. The Morgan fingerprint density at radius 2 is 1.91 bits per heavy atom. The monoisotopic (exact) mass is 305 g/mol. The third-order valence-electron chi connectivity index (χ3n) is 3.68. The Bertz CT molecular complexity index is 508. The number of amides is 1. The highest BCUT2D eigenvalue weighted by Gasteiger charge is 2.21. The number of anilines is 1. The molecule has 0 unspecified atom stereocenters. The molecule has 0 N–H and O–H groups in total. The minimum atomic E-state index is -0.350. The normalized spacial score (nSPS) is 14.8. The third-order valence-corrected chi connectivity index (χ3v) is 3.68. The van der Waals surface area contributed by atoms with Crippen LogP contribution in [0.25, 0.3) is 0 Å². The first-order valence-corrected chi connectivity index (χ1v) is 7.81. The lowest BCUT2D eigenvalue weighted by Gasteiger charge is -2.35. The van der Waals surface area contributed by atoms with E-state index in [0.29, 0.717) is 18.6 Å². The van der Waals surface area contributed by atoms with Crippen LogP contribution in [0.2, 0.25) is 0 Å². The first-order valence-electron chi connectivity index (χ1n) is 7.81. The molecule has 2 rings (SSSR count). The minimum absolute atomic E-state index is 0.229. The van der Waals surface area contributed by atoms with Crippen LogP contribution in [-0.2, 0) is 9.53 Å². The summed E-state index contributed by atoms with van der Waals surface area (Å²) in [5.41, 5.74) is 0.461. The van der Waals surface area contributed by atoms with E-state index in [4.69, 9.17) is 4.74 Å². The first kappa shape index (κ1) is 16.3. The van der Waals surface area contributed by atoms with Crippen molar-refractivity contribution in [1.82, 2.24) is 9.88 Å². The summed E-state index contributed by atoms with van der Waals surface area (Å²) in [6, 6.07) is 3.56. The first-order chi connectivity index (χ1) is 10.7. The molecule has 0 radical (unpaired) electrons. The standard InChI is InChI=1S/C16H23N3O3/c1-3-5-15(20)19-10-8-18(9-11-19)14-7-6-13(12-17-14)16(21)22-4-2/h6-7,12H,3-5,8-11H2,1-2H3. The summed E-state index contributed by atoms with van der Waals surface area (Å²) < 4.78 is 4.94. The summed E-state index contributed by atoms with van der Waals surface area (Å²) in [4.78, 5) is 31.8. The number of aromatic nitrogens is 1. The van der Waals surface area contributed by atoms with Gasteiger partial charge in [0.1, 0.15) is 5.82 Å². The van der Waals surface area contributed by atoms with E-state index >= 15 is 0 Å². The fourth-order valence-corrected chi connectivity index (χ4v) is 2.47. The van der Waals surface area contributed by atoms with Crippen LogP contribution >= 0.6 is 0 Å². The molecule has 1 aliphatic heterocycles. The zero-order chi connectivity index (χ0) is 15.9. The number of piperazine rings is 1. The second-order valence-corrected chi connectivity index (χ2v) is 5.24. The predicted molar refractivity (Wildman–Crippen MR) is 83.9 cm³/mol. The van der Waals surface area contributed by atoms with Gasteiger partial charge in [0, 0.05) is 38.8 Å². The molecule has 1 aliphatic rings. The van der Waals surface area contributed by atoms with E-state index < -0.39 is 0 Å². The molecular formula is C16H23N3O3. The molecule has 1 fully saturated rings. The second-order valence-electron chi connectivity index (χ2n) is 5.24. The number of carbonyl (C=O) groups excluding carboxylic acids is 2. The Morgan fingerprint density at radius 3 is 2.45 bits per heavy atom. The van der Waals surface area contributed by atoms with Gasteiger partial charge in [0.2, 0.25) is 5.91 Å². The zero-order valence-corrected chi connectivity index (χ0v) is 13.2. The molecule has 2 heterocycles. The van der Waals surface area contributed by atoms with Crippen molar-refractivity contribution >= 4 is 17.7 Å². The number of pyridine rings is 1. The van der Waals surface area contributed by atoms with Gasteiger partial charge in [-0.1, -0.05) is 6.92 Å². The molecular weight excluding hydrogens is 282 g/mol. The van der Waals surface area contributed by atoms with Crippen LogP contribution in [0.3, 0.4) is 0 Å². The number of rotatable bonds is 5. The van der Waals surface area contributed by atoms with Gasteiger partial charge < -0.3 is 14.5 Å². The molecule has 1 aromatic heterocycles. The lowest BCUT2D eigenvalue weighted by Crippen LogP contribution is -2.49. The van der Waals surface area contributed by atoms with E-state index in [1.807, 2.05) is 17.9 Å². The molecule has 0 spiro atoms. The summed E-state index contributed by atoms with van der Waals surface area (Å²) in [7, 11) is 0. The average Bonchev–Trinajstić information content (AvgIpc) is 2.55. The fraction of sp³-hybridized carbons (Fsp3) is 0.562. The quantitative estimate of drug-likeness (QED) is 0.775. The number of hydrogen-bond donors (Lipinski definition) is 0. The Labute approximate surface area is 131 Å². The molecule has 0 saturated carbocycles. The molecule has 1 saturated heterocycles. The van der Waals surface area contributed by atoms with Gasteiger partial charge in [0.15, 0.2) is 0 Å². The average molecular weight is 305 g/mol. The summed E-state index contributed by atoms with van der Waals surface area (Å²) in [5, 5.41) is 0. The van der Waals surface area contributed by atoms with E-state index in [1.165, 1.54) is 0 Å². The van der Waals surface area contributed by atoms with Crippen molar-refractivity contribution < 1.29 is 14.3 Å². The van der Waals surface area contributed by atoms with Crippen molar-refractivity contribution in [3.8, 4) is 0 Å². The topological polar surface area (TPSA) is 62.7 Å². The van der Waals surface area contributed by atoms with Crippen LogP contribution in [0.4, 0.5) is 5.82 Å². The molecule has 6 heteroatoms. The molecule has 120 valence electrons. The van der Waals surface area contributed by atoms with Crippen molar-refractivity contribution in [2.75, 3.05) is 37.7 Å². The maximum atomic E-state index is 11.9. The molecule has 0 aromatic carbocycles. The molecule has 0 atom stereocenters.